The molecule has 0 heterocycles. The molecule has 2 aliphatic carbocycles. The van der Waals surface area contributed by atoms with Gasteiger partial charge in [-0.25, -0.2) is 0 Å². The summed E-state index contributed by atoms with van der Waals surface area (Å²) in [5.74, 6) is 1.63. The molecular weight excluding hydrogens is 212 g/mol. The Morgan fingerprint density at radius 2 is 2.12 bits per heavy atom. The molecule has 0 aliphatic heterocycles. The summed E-state index contributed by atoms with van der Waals surface area (Å²) >= 11 is 0. The monoisotopic (exact) mass is 226 g/mol. The van der Waals surface area contributed by atoms with Gasteiger partial charge in [-0.2, -0.15) is 5.26 Å². The number of fused-ring (bicyclic) bond motifs is 1. The average molecular weight is 226 g/mol. The van der Waals surface area contributed by atoms with Crippen molar-refractivity contribution in [3.63, 3.8) is 0 Å². The quantitative estimate of drug-likeness (QED) is 0.842. The van der Waals surface area contributed by atoms with Gasteiger partial charge in [0, 0.05) is 11.6 Å². The van der Waals surface area contributed by atoms with E-state index >= 15 is 0 Å². The predicted octanol–water partition coefficient (Wildman–Crippen LogP) is 2.54. The highest BCUT2D eigenvalue weighted by Gasteiger charge is 2.56. The molecule has 3 heteroatoms. The molecule has 2 unspecified atom stereocenters. The fourth-order valence-corrected chi connectivity index (χ4v) is 3.10. The molecule has 0 aromatic heterocycles. The number of nitriles is 1. The molecule has 1 amide bonds. The van der Waals surface area contributed by atoms with Crippen LogP contribution in [0.3, 0.4) is 0 Å². The van der Waals surface area contributed by atoms with Gasteiger partial charge in [0.05, 0.1) is 11.6 Å². The molecule has 1 N–H and O–H groups in total. The molecule has 86 valence electrons. The van der Waals surface area contributed by atoms with Gasteiger partial charge < -0.3 is 5.32 Å². The maximum Gasteiger partial charge on any atom is 0.228 e. The van der Waals surface area contributed by atoms with Crippen LogP contribution in [0.4, 0.5) is 5.69 Å². The van der Waals surface area contributed by atoms with Crippen molar-refractivity contribution >= 4 is 11.6 Å². The van der Waals surface area contributed by atoms with E-state index in [4.69, 9.17) is 5.26 Å². The van der Waals surface area contributed by atoms with Crippen LogP contribution >= 0.6 is 0 Å². The standard InChI is InChI=1S/C14H14N2O/c15-8-9-3-1-4-10(7-9)16-14(17)13-11-5-2-6-12(11)13/h1,3-4,7,11-13H,2,5-6H2,(H,16,17). The minimum absolute atomic E-state index is 0.134. The third-order valence-electron chi connectivity index (χ3n) is 3.97. The van der Waals surface area contributed by atoms with E-state index in [0.717, 1.165) is 5.69 Å². The first-order valence-corrected chi connectivity index (χ1v) is 6.10. The molecule has 2 aliphatic rings. The molecular formula is C14H14N2O. The average Bonchev–Trinajstić information content (AvgIpc) is 2.84. The number of hydrogen-bond acceptors (Lipinski definition) is 2. The number of anilines is 1. The number of benzene rings is 1. The molecule has 3 nitrogen and oxygen atoms in total. The molecule has 17 heavy (non-hydrogen) atoms. The van der Waals surface area contributed by atoms with Crippen LogP contribution in [-0.2, 0) is 4.79 Å². The number of nitrogens with zero attached hydrogens (tertiary/aromatic N) is 1. The van der Waals surface area contributed by atoms with Gasteiger partial charge in [0.2, 0.25) is 5.91 Å². The van der Waals surface area contributed by atoms with Crippen molar-refractivity contribution in [2.24, 2.45) is 17.8 Å². The summed E-state index contributed by atoms with van der Waals surface area (Å²) < 4.78 is 0. The summed E-state index contributed by atoms with van der Waals surface area (Å²) in [6.45, 7) is 0. The van der Waals surface area contributed by atoms with Crippen LogP contribution in [0.1, 0.15) is 24.8 Å². The zero-order valence-electron chi connectivity index (χ0n) is 9.52. The van der Waals surface area contributed by atoms with E-state index in [1.165, 1.54) is 19.3 Å². The van der Waals surface area contributed by atoms with Gasteiger partial charge in [0.15, 0.2) is 0 Å². The van der Waals surface area contributed by atoms with E-state index in [0.29, 0.717) is 17.4 Å². The van der Waals surface area contributed by atoms with Crippen LogP contribution in [0.2, 0.25) is 0 Å². The molecule has 0 saturated heterocycles. The smallest absolute Gasteiger partial charge is 0.228 e. The molecule has 1 aromatic carbocycles. The molecule has 0 spiro atoms. The maximum atomic E-state index is 12.0. The first-order valence-electron chi connectivity index (χ1n) is 6.10. The van der Waals surface area contributed by atoms with Gasteiger partial charge in [0.1, 0.15) is 0 Å². The lowest BCUT2D eigenvalue weighted by Gasteiger charge is -2.06. The van der Waals surface area contributed by atoms with Gasteiger partial charge in [-0.05, 0) is 42.9 Å². The van der Waals surface area contributed by atoms with E-state index in [-0.39, 0.29) is 11.8 Å². The highest BCUT2D eigenvalue weighted by Crippen LogP contribution is 2.57. The molecule has 2 saturated carbocycles. The summed E-state index contributed by atoms with van der Waals surface area (Å²) in [6, 6.07) is 9.15. The van der Waals surface area contributed by atoms with Crippen molar-refractivity contribution in [2.45, 2.75) is 19.3 Å². The normalized spacial score (nSPS) is 29.2. The van der Waals surface area contributed by atoms with Crippen LogP contribution in [0.25, 0.3) is 0 Å². The Labute approximate surface area is 100 Å². The Kier molecular flexibility index (Phi) is 2.36. The van der Waals surface area contributed by atoms with E-state index in [9.17, 15) is 4.79 Å². The largest absolute Gasteiger partial charge is 0.326 e. The SMILES string of the molecule is N#Cc1cccc(NC(=O)C2C3CCCC32)c1. The topological polar surface area (TPSA) is 52.9 Å². The van der Waals surface area contributed by atoms with Gasteiger partial charge in [-0.1, -0.05) is 12.5 Å². The number of carbonyl (C=O) groups is 1. The third kappa shape index (κ3) is 1.80. The fourth-order valence-electron chi connectivity index (χ4n) is 3.10. The Balaban J connectivity index is 1.67. The van der Waals surface area contributed by atoms with Gasteiger partial charge in [-0.3, -0.25) is 4.79 Å². The number of amides is 1. The molecule has 1 aromatic rings. The van der Waals surface area contributed by atoms with Crippen molar-refractivity contribution in [1.82, 2.24) is 0 Å². The van der Waals surface area contributed by atoms with E-state index in [2.05, 4.69) is 11.4 Å². The maximum absolute atomic E-state index is 12.0. The van der Waals surface area contributed by atoms with Crippen LogP contribution in [0, 0.1) is 29.1 Å². The molecule has 3 rings (SSSR count). The highest BCUT2D eigenvalue weighted by atomic mass is 16.2. The minimum Gasteiger partial charge on any atom is -0.326 e. The Morgan fingerprint density at radius 3 is 2.82 bits per heavy atom. The number of carbonyl (C=O) groups excluding carboxylic acids is 1. The second kappa shape index (κ2) is 3.89. The van der Waals surface area contributed by atoms with Gasteiger partial charge >= 0.3 is 0 Å². The lowest BCUT2D eigenvalue weighted by molar-refractivity contribution is -0.118. The van der Waals surface area contributed by atoms with Gasteiger partial charge in [-0.15, -0.1) is 0 Å². The van der Waals surface area contributed by atoms with Crippen LogP contribution < -0.4 is 5.32 Å². The van der Waals surface area contributed by atoms with Crippen molar-refractivity contribution in [3.8, 4) is 6.07 Å². The lowest BCUT2D eigenvalue weighted by atomic mass is 10.1. The van der Waals surface area contributed by atoms with Crippen LogP contribution in [0.5, 0.6) is 0 Å². The van der Waals surface area contributed by atoms with E-state index in [1.807, 2.05) is 6.07 Å². The summed E-state index contributed by atoms with van der Waals surface area (Å²) in [5, 5.41) is 11.7. The summed E-state index contributed by atoms with van der Waals surface area (Å²) in [7, 11) is 0. The predicted molar refractivity (Wildman–Crippen MR) is 64.1 cm³/mol. The zero-order chi connectivity index (χ0) is 11.8. The van der Waals surface area contributed by atoms with Gasteiger partial charge in [0.25, 0.3) is 0 Å². The zero-order valence-corrected chi connectivity index (χ0v) is 9.52. The Bertz CT molecular complexity index is 493. The van der Waals surface area contributed by atoms with Crippen LogP contribution in [0.15, 0.2) is 24.3 Å². The molecule has 2 atom stereocenters. The van der Waals surface area contributed by atoms with Crippen molar-refractivity contribution in [2.75, 3.05) is 5.32 Å². The van der Waals surface area contributed by atoms with E-state index < -0.39 is 0 Å². The molecule has 0 radical (unpaired) electrons. The van der Waals surface area contributed by atoms with Crippen molar-refractivity contribution in [3.05, 3.63) is 29.8 Å². The summed E-state index contributed by atoms with van der Waals surface area (Å²) in [5.41, 5.74) is 1.32. The highest BCUT2D eigenvalue weighted by molar-refractivity contribution is 5.95. The summed E-state index contributed by atoms with van der Waals surface area (Å²) in [6.07, 6.45) is 3.70. The molecule has 0 bridgehead atoms. The second-order valence-electron chi connectivity index (χ2n) is 4.97. The Morgan fingerprint density at radius 1 is 1.35 bits per heavy atom. The first kappa shape index (κ1) is 10.3. The van der Waals surface area contributed by atoms with E-state index in [1.54, 1.807) is 18.2 Å². The lowest BCUT2D eigenvalue weighted by Crippen LogP contribution is -2.16. The second-order valence-corrected chi connectivity index (χ2v) is 4.97. The minimum atomic E-state index is 0.134. The van der Waals surface area contributed by atoms with Crippen molar-refractivity contribution in [1.29, 1.82) is 5.26 Å². The summed E-state index contributed by atoms with van der Waals surface area (Å²) in [4.78, 5) is 12.0. The fraction of sp³-hybridized carbons (Fsp3) is 0.429. The Hall–Kier alpha value is -1.82. The third-order valence-corrected chi connectivity index (χ3v) is 3.97. The molecule has 2 fully saturated rings. The van der Waals surface area contributed by atoms with Crippen molar-refractivity contribution < 1.29 is 4.79 Å². The number of hydrogen-bond donors (Lipinski definition) is 1. The first-order chi connectivity index (χ1) is 8.29. The number of rotatable bonds is 2. The number of nitrogens with one attached hydrogen (secondary N) is 1. The van der Waals surface area contributed by atoms with Crippen LogP contribution in [-0.4, -0.2) is 5.91 Å².